The number of carbonyl (C=O) groups excluding carboxylic acids is 1. The largest absolute Gasteiger partial charge is 0.486 e. The molecular weight excluding hydrogens is 402 g/mol. The number of hydrogen-bond acceptors (Lipinski definition) is 5. The number of halogens is 1. The van der Waals surface area contributed by atoms with E-state index in [2.05, 4.69) is 26.2 Å². The van der Waals surface area contributed by atoms with E-state index in [0.29, 0.717) is 45.9 Å². The minimum Gasteiger partial charge on any atom is -0.486 e. The molecule has 1 amide bonds. The van der Waals surface area contributed by atoms with Gasteiger partial charge >= 0.3 is 0 Å². The van der Waals surface area contributed by atoms with Crippen LogP contribution in [0.1, 0.15) is 0 Å². The third-order valence-electron chi connectivity index (χ3n) is 3.96. The molecule has 0 bridgehead atoms. The molecule has 0 saturated carbocycles. The first-order valence-corrected chi connectivity index (χ1v) is 8.75. The number of benzene rings is 2. The van der Waals surface area contributed by atoms with Crippen molar-refractivity contribution in [1.82, 2.24) is 9.55 Å². The Morgan fingerprint density at radius 3 is 2.73 bits per heavy atom. The van der Waals surface area contributed by atoms with Crippen LogP contribution in [-0.4, -0.2) is 28.7 Å². The monoisotopic (exact) mass is 415 g/mol. The van der Waals surface area contributed by atoms with Gasteiger partial charge in [0.05, 0.1) is 22.9 Å². The predicted octanol–water partition coefficient (Wildman–Crippen LogP) is 2.57. The van der Waals surface area contributed by atoms with Crippen LogP contribution in [0.25, 0.3) is 11.0 Å². The van der Waals surface area contributed by atoms with E-state index >= 15 is 0 Å². The minimum atomic E-state index is -0.333. The van der Waals surface area contributed by atoms with Gasteiger partial charge in [0.2, 0.25) is 5.91 Å². The molecule has 0 atom stereocenters. The van der Waals surface area contributed by atoms with Crippen molar-refractivity contribution in [1.29, 1.82) is 0 Å². The van der Waals surface area contributed by atoms with Gasteiger partial charge in [0.25, 0.3) is 5.56 Å². The van der Waals surface area contributed by atoms with Gasteiger partial charge in [-0.25, -0.2) is 4.98 Å². The quantitative estimate of drug-likeness (QED) is 0.710. The van der Waals surface area contributed by atoms with Crippen LogP contribution in [0.15, 0.2) is 51.9 Å². The van der Waals surface area contributed by atoms with E-state index in [4.69, 9.17) is 9.47 Å². The summed E-state index contributed by atoms with van der Waals surface area (Å²) in [6.45, 7) is 0.826. The fraction of sp³-hybridized carbons (Fsp3) is 0.167. The predicted molar refractivity (Wildman–Crippen MR) is 99.8 cm³/mol. The zero-order valence-corrected chi connectivity index (χ0v) is 15.2. The van der Waals surface area contributed by atoms with Gasteiger partial charge in [-0.1, -0.05) is 12.1 Å². The van der Waals surface area contributed by atoms with Crippen molar-refractivity contribution in [2.75, 3.05) is 18.5 Å². The van der Waals surface area contributed by atoms with Gasteiger partial charge in [0, 0.05) is 16.6 Å². The molecule has 0 aliphatic carbocycles. The first kappa shape index (κ1) is 16.6. The second kappa shape index (κ2) is 6.80. The van der Waals surface area contributed by atoms with E-state index in [9.17, 15) is 9.59 Å². The van der Waals surface area contributed by atoms with E-state index in [0.717, 1.165) is 0 Å². The molecule has 3 aromatic rings. The highest BCUT2D eigenvalue weighted by Gasteiger charge is 2.17. The lowest BCUT2D eigenvalue weighted by atomic mass is 10.2. The maximum atomic E-state index is 12.5. The summed E-state index contributed by atoms with van der Waals surface area (Å²) in [6.07, 6.45) is 1.22. The molecule has 0 spiro atoms. The number of nitrogens with one attached hydrogen (secondary N) is 1. The molecule has 0 fully saturated rings. The van der Waals surface area contributed by atoms with Crippen LogP contribution >= 0.6 is 15.9 Å². The van der Waals surface area contributed by atoms with Crippen molar-refractivity contribution in [3.05, 3.63) is 57.4 Å². The summed E-state index contributed by atoms with van der Waals surface area (Å²) in [5, 5.41) is 2.80. The third kappa shape index (κ3) is 3.15. The Bertz CT molecular complexity index is 1060. The molecule has 1 aliphatic rings. The number of amides is 1. The molecule has 1 aromatic heterocycles. The fourth-order valence-electron chi connectivity index (χ4n) is 2.77. The summed E-state index contributed by atoms with van der Waals surface area (Å²) < 4.78 is 13.1. The highest BCUT2D eigenvalue weighted by molar-refractivity contribution is 9.10. The average Bonchev–Trinajstić information content (AvgIpc) is 2.65. The maximum Gasteiger partial charge on any atom is 0.269 e. The van der Waals surface area contributed by atoms with Crippen LogP contribution in [0.5, 0.6) is 11.5 Å². The SMILES string of the molecule is O=C(Cn1c(=O)cnc2ccccc21)Nc1cc2c(cc1Br)OCCO2. The molecule has 1 aliphatic heterocycles. The van der Waals surface area contributed by atoms with Gasteiger partial charge in [-0.05, 0) is 28.1 Å². The van der Waals surface area contributed by atoms with Gasteiger partial charge in [-0.15, -0.1) is 0 Å². The smallest absolute Gasteiger partial charge is 0.269 e. The molecule has 0 unspecified atom stereocenters. The highest BCUT2D eigenvalue weighted by atomic mass is 79.9. The van der Waals surface area contributed by atoms with Gasteiger partial charge in [-0.2, -0.15) is 0 Å². The van der Waals surface area contributed by atoms with Crippen molar-refractivity contribution in [2.45, 2.75) is 6.54 Å². The lowest BCUT2D eigenvalue weighted by Crippen LogP contribution is -2.28. The zero-order chi connectivity index (χ0) is 18.1. The van der Waals surface area contributed by atoms with Gasteiger partial charge in [-0.3, -0.25) is 14.2 Å². The fourth-order valence-corrected chi connectivity index (χ4v) is 3.19. The number of ether oxygens (including phenoxy) is 2. The second-order valence-electron chi connectivity index (χ2n) is 5.70. The summed E-state index contributed by atoms with van der Waals surface area (Å²) in [4.78, 5) is 28.8. The molecule has 1 N–H and O–H groups in total. The minimum absolute atomic E-state index is 0.122. The Labute approximate surface area is 156 Å². The van der Waals surface area contributed by atoms with Crippen LogP contribution in [0.4, 0.5) is 5.69 Å². The number of hydrogen-bond donors (Lipinski definition) is 1. The molecule has 2 aromatic carbocycles. The molecular formula is C18H14BrN3O4. The van der Waals surface area contributed by atoms with Gasteiger partial charge in [0.15, 0.2) is 11.5 Å². The van der Waals surface area contributed by atoms with Crippen LogP contribution < -0.4 is 20.3 Å². The van der Waals surface area contributed by atoms with Crippen molar-refractivity contribution >= 4 is 38.6 Å². The Kier molecular flexibility index (Phi) is 4.34. The summed E-state index contributed by atoms with van der Waals surface area (Å²) in [5.74, 6) is 0.861. The lowest BCUT2D eigenvalue weighted by molar-refractivity contribution is -0.116. The van der Waals surface area contributed by atoms with E-state index < -0.39 is 0 Å². The van der Waals surface area contributed by atoms with Crippen molar-refractivity contribution in [2.24, 2.45) is 0 Å². The molecule has 8 heteroatoms. The number of nitrogens with zero attached hydrogens (tertiary/aromatic N) is 2. The first-order valence-electron chi connectivity index (χ1n) is 7.95. The van der Waals surface area contributed by atoms with Crippen molar-refractivity contribution < 1.29 is 14.3 Å². The van der Waals surface area contributed by atoms with Crippen LogP contribution in [0.2, 0.25) is 0 Å². The molecule has 2 heterocycles. The Morgan fingerprint density at radius 2 is 1.92 bits per heavy atom. The number of aromatic nitrogens is 2. The second-order valence-corrected chi connectivity index (χ2v) is 6.55. The Morgan fingerprint density at radius 1 is 1.19 bits per heavy atom. The van der Waals surface area contributed by atoms with Crippen molar-refractivity contribution in [3.8, 4) is 11.5 Å². The molecule has 132 valence electrons. The van der Waals surface area contributed by atoms with E-state index in [1.807, 2.05) is 6.07 Å². The summed E-state index contributed by atoms with van der Waals surface area (Å²) in [5.41, 5.74) is 1.47. The molecule has 26 heavy (non-hydrogen) atoms. The Hall–Kier alpha value is -2.87. The summed E-state index contributed by atoms with van der Waals surface area (Å²) in [7, 11) is 0. The number of carbonyl (C=O) groups is 1. The maximum absolute atomic E-state index is 12.5. The third-order valence-corrected chi connectivity index (χ3v) is 4.62. The summed E-state index contributed by atoms with van der Waals surface area (Å²) in [6, 6.07) is 10.6. The van der Waals surface area contributed by atoms with E-state index in [1.54, 1.807) is 30.3 Å². The molecule has 0 saturated heterocycles. The van der Waals surface area contributed by atoms with E-state index in [-0.39, 0.29) is 18.0 Å². The number of rotatable bonds is 3. The Balaban J connectivity index is 1.61. The van der Waals surface area contributed by atoms with Crippen LogP contribution in [-0.2, 0) is 11.3 Å². The van der Waals surface area contributed by atoms with Gasteiger partial charge in [0.1, 0.15) is 19.8 Å². The number of fused-ring (bicyclic) bond motifs is 2. The highest BCUT2D eigenvalue weighted by Crippen LogP contribution is 2.38. The topological polar surface area (TPSA) is 82.5 Å². The van der Waals surface area contributed by atoms with Crippen molar-refractivity contribution in [3.63, 3.8) is 0 Å². The zero-order valence-electron chi connectivity index (χ0n) is 13.6. The molecule has 4 rings (SSSR count). The molecule has 7 nitrogen and oxygen atoms in total. The van der Waals surface area contributed by atoms with E-state index in [1.165, 1.54) is 10.8 Å². The normalized spacial score (nSPS) is 12.8. The number of anilines is 1. The first-order chi connectivity index (χ1) is 12.6. The van der Waals surface area contributed by atoms with Crippen LogP contribution in [0, 0.1) is 0 Å². The van der Waals surface area contributed by atoms with Crippen LogP contribution in [0.3, 0.4) is 0 Å². The number of para-hydroxylation sites is 2. The summed E-state index contributed by atoms with van der Waals surface area (Å²) >= 11 is 3.41. The average molecular weight is 416 g/mol. The standard InChI is InChI=1S/C18H14BrN3O4/c19-11-7-15-16(26-6-5-25-15)8-13(11)21-17(23)10-22-14-4-2-1-3-12(14)20-9-18(22)24/h1-4,7-9H,5-6,10H2,(H,21,23). The van der Waals surface area contributed by atoms with Gasteiger partial charge < -0.3 is 14.8 Å². The lowest BCUT2D eigenvalue weighted by Gasteiger charge is -2.20. The molecule has 0 radical (unpaired) electrons.